The van der Waals surface area contributed by atoms with Crippen LogP contribution in [0.2, 0.25) is 0 Å². The van der Waals surface area contributed by atoms with Crippen LogP contribution in [0.25, 0.3) is 5.69 Å². The number of amides is 1. The Morgan fingerprint density at radius 3 is 2.78 bits per heavy atom. The molecule has 5 nitrogen and oxygen atoms in total. The predicted octanol–water partition coefficient (Wildman–Crippen LogP) is 4.33. The highest BCUT2D eigenvalue weighted by atomic mass is 32.1. The molecular weight excluding hydrogens is 356 g/mol. The molecule has 1 aliphatic heterocycles. The van der Waals surface area contributed by atoms with E-state index >= 15 is 0 Å². The molecule has 1 aromatic carbocycles. The number of carbonyl (C=O) groups is 1. The van der Waals surface area contributed by atoms with Crippen molar-refractivity contribution in [3.63, 3.8) is 0 Å². The molecule has 3 aromatic rings. The fourth-order valence-electron chi connectivity index (χ4n) is 3.83. The largest absolute Gasteiger partial charge is 0.322 e. The van der Waals surface area contributed by atoms with Crippen LogP contribution in [-0.4, -0.2) is 33.7 Å². The van der Waals surface area contributed by atoms with Crippen LogP contribution in [0.1, 0.15) is 35.1 Å². The van der Waals surface area contributed by atoms with E-state index in [1.807, 2.05) is 48.9 Å². The van der Waals surface area contributed by atoms with Gasteiger partial charge in [0.15, 0.2) is 0 Å². The molecule has 1 N–H and O–H groups in total. The van der Waals surface area contributed by atoms with Gasteiger partial charge < -0.3 is 5.32 Å². The third-order valence-electron chi connectivity index (χ3n) is 5.14. The van der Waals surface area contributed by atoms with Gasteiger partial charge in [0, 0.05) is 10.9 Å². The van der Waals surface area contributed by atoms with Crippen molar-refractivity contribution in [3.8, 4) is 5.69 Å². The molecule has 1 aliphatic rings. The fourth-order valence-corrected chi connectivity index (χ4v) is 4.72. The molecule has 1 atom stereocenters. The highest BCUT2D eigenvalue weighted by Gasteiger charge is 2.28. The van der Waals surface area contributed by atoms with Crippen molar-refractivity contribution in [1.82, 2.24) is 14.7 Å². The number of nitrogens with zero attached hydrogens (tertiary/aromatic N) is 3. The number of aromatic nitrogens is 2. The Bertz CT molecular complexity index is 917. The zero-order valence-electron chi connectivity index (χ0n) is 15.7. The summed E-state index contributed by atoms with van der Waals surface area (Å²) in [7, 11) is 0. The minimum Gasteiger partial charge on any atom is -0.322 e. The van der Waals surface area contributed by atoms with E-state index in [2.05, 4.69) is 32.8 Å². The normalized spacial score (nSPS) is 17.3. The predicted molar refractivity (Wildman–Crippen MR) is 110 cm³/mol. The lowest BCUT2D eigenvalue weighted by atomic mass is 10.2. The van der Waals surface area contributed by atoms with Gasteiger partial charge in [0.2, 0.25) is 5.91 Å². The third kappa shape index (κ3) is 3.68. The van der Waals surface area contributed by atoms with Gasteiger partial charge in [-0.25, -0.2) is 4.68 Å². The minimum absolute atomic E-state index is 0.0252. The molecule has 0 unspecified atom stereocenters. The Hall–Kier alpha value is -2.44. The highest BCUT2D eigenvalue weighted by molar-refractivity contribution is 7.10. The summed E-state index contributed by atoms with van der Waals surface area (Å²) in [5.41, 5.74) is 3.59. The van der Waals surface area contributed by atoms with E-state index in [1.165, 1.54) is 4.88 Å². The lowest BCUT2D eigenvalue weighted by Gasteiger charge is -2.22. The number of thiophene rings is 1. The molecule has 0 aliphatic carbocycles. The van der Waals surface area contributed by atoms with Gasteiger partial charge in [-0.05, 0) is 56.8 Å². The van der Waals surface area contributed by atoms with Crippen LogP contribution < -0.4 is 5.32 Å². The number of carbonyl (C=O) groups excluding carboxylic acids is 1. The van der Waals surface area contributed by atoms with Gasteiger partial charge in [-0.15, -0.1) is 11.3 Å². The maximum atomic E-state index is 12.7. The van der Waals surface area contributed by atoms with Gasteiger partial charge in [0.25, 0.3) is 0 Å². The molecule has 6 heteroatoms. The number of benzene rings is 1. The average Bonchev–Trinajstić information content (AvgIpc) is 3.40. The molecule has 27 heavy (non-hydrogen) atoms. The summed E-state index contributed by atoms with van der Waals surface area (Å²) in [6.45, 7) is 5.31. The van der Waals surface area contributed by atoms with Crippen LogP contribution in [0.15, 0.2) is 47.8 Å². The van der Waals surface area contributed by atoms with Gasteiger partial charge in [0.05, 0.1) is 29.3 Å². The molecule has 1 saturated heterocycles. The molecule has 1 fully saturated rings. The summed E-state index contributed by atoms with van der Waals surface area (Å²) in [6, 6.07) is 14.6. The van der Waals surface area contributed by atoms with Gasteiger partial charge in [-0.1, -0.05) is 24.3 Å². The van der Waals surface area contributed by atoms with E-state index in [0.717, 1.165) is 42.1 Å². The van der Waals surface area contributed by atoms with E-state index in [1.54, 1.807) is 11.3 Å². The topological polar surface area (TPSA) is 50.2 Å². The van der Waals surface area contributed by atoms with Crippen molar-refractivity contribution in [2.45, 2.75) is 32.7 Å². The number of aryl methyl sites for hydroxylation is 1. The molecule has 0 saturated carbocycles. The molecule has 2 aromatic heterocycles. The second-order valence-corrected chi connectivity index (χ2v) is 7.96. The van der Waals surface area contributed by atoms with Crippen LogP contribution in [0.3, 0.4) is 0 Å². The summed E-state index contributed by atoms with van der Waals surface area (Å²) < 4.78 is 1.88. The highest BCUT2D eigenvalue weighted by Crippen LogP contribution is 2.34. The van der Waals surface area contributed by atoms with Crippen molar-refractivity contribution < 1.29 is 4.79 Å². The second-order valence-electron chi connectivity index (χ2n) is 6.99. The molecule has 0 radical (unpaired) electrons. The van der Waals surface area contributed by atoms with E-state index in [9.17, 15) is 4.79 Å². The van der Waals surface area contributed by atoms with Gasteiger partial charge in [-0.2, -0.15) is 5.10 Å². The van der Waals surface area contributed by atoms with E-state index in [4.69, 9.17) is 0 Å². The van der Waals surface area contributed by atoms with Gasteiger partial charge in [0.1, 0.15) is 0 Å². The lowest BCUT2D eigenvalue weighted by Crippen LogP contribution is -2.32. The summed E-state index contributed by atoms with van der Waals surface area (Å²) in [5, 5.41) is 9.82. The molecule has 140 valence electrons. The Morgan fingerprint density at radius 1 is 1.22 bits per heavy atom. The van der Waals surface area contributed by atoms with Crippen LogP contribution in [0.5, 0.6) is 0 Å². The Balaban J connectivity index is 1.48. The Morgan fingerprint density at radius 2 is 2.04 bits per heavy atom. The summed E-state index contributed by atoms with van der Waals surface area (Å²) in [4.78, 5) is 16.4. The zero-order chi connectivity index (χ0) is 18.8. The van der Waals surface area contributed by atoms with Crippen molar-refractivity contribution >= 4 is 22.9 Å². The van der Waals surface area contributed by atoms with Crippen molar-refractivity contribution in [1.29, 1.82) is 0 Å². The molecule has 3 heterocycles. The summed E-state index contributed by atoms with van der Waals surface area (Å²) in [5.74, 6) is 0.0252. The maximum Gasteiger partial charge on any atom is 0.238 e. The van der Waals surface area contributed by atoms with Crippen molar-refractivity contribution in [2.24, 2.45) is 0 Å². The fraction of sp³-hybridized carbons (Fsp3) is 0.333. The van der Waals surface area contributed by atoms with Gasteiger partial charge in [-0.3, -0.25) is 9.69 Å². The maximum absolute atomic E-state index is 12.7. The first-order chi connectivity index (χ1) is 13.1. The third-order valence-corrected chi connectivity index (χ3v) is 6.11. The standard InChI is InChI=1S/C21H24N4OS/c1-15-21(16(2)25(23-15)17-8-4-3-5-9-17)22-20(26)14-24-12-6-10-18(24)19-11-7-13-27-19/h3-5,7-9,11,13,18H,6,10,12,14H2,1-2H3,(H,22,26)/t18-/m0/s1. The first-order valence-corrected chi connectivity index (χ1v) is 10.2. The summed E-state index contributed by atoms with van der Waals surface area (Å²) >= 11 is 1.77. The van der Waals surface area contributed by atoms with E-state index in [0.29, 0.717) is 12.6 Å². The Kier molecular flexibility index (Phi) is 5.09. The van der Waals surface area contributed by atoms with Crippen molar-refractivity contribution in [3.05, 3.63) is 64.1 Å². The van der Waals surface area contributed by atoms with Gasteiger partial charge >= 0.3 is 0 Å². The van der Waals surface area contributed by atoms with E-state index in [-0.39, 0.29) is 5.91 Å². The first-order valence-electron chi connectivity index (χ1n) is 9.32. The lowest BCUT2D eigenvalue weighted by molar-refractivity contribution is -0.117. The number of hydrogen-bond acceptors (Lipinski definition) is 4. The van der Waals surface area contributed by atoms with E-state index < -0.39 is 0 Å². The number of nitrogens with one attached hydrogen (secondary N) is 1. The van der Waals surface area contributed by atoms with Crippen LogP contribution in [0.4, 0.5) is 5.69 Å². The van der Waals surface area contributed by atoms with Crippen LogP contribution >= 0.6 is 11.3 Å². The quantitative estimate of drug-likeness (QED) is 0.717. The SMILES string of the molecule is Cc1nn(-c2ccccc2)c(C)c1NC(=O)CN1CCC[C@H]1c1cccs1. The molecule has 1 amide bonds. The number of para-hydroxylation sites is 1. The molecule has 0 bridgehead atoms. The molecular formula is C21H24N4OS. The second kappa shape index (κ2) is 7.66. The Labute approximate surface area is 163 Å². The number of hydrogen-bond donors (Lipinski definition) is 1. The molecule has 0 spiro atoms. The monoisotopic (exact) mass is 380 g/mol. The first kappa shape index (κ1) is 17.9. The summed E-state index contributed by atoms with van der Waals surface area (Å²) in [6.07, 6.45) is 2.26. The minimum atomic E-state index is 0.0252. The van der Waals surface area contributed by atoms with Crippen LogP contribution in [0, 0.1) is 13.8 Å². The zero-order valence-corrected chi connectivity index (χ0v) is 16.5. The smallest absolute Gasteiger partial charge is 0.238 e. The number of rotatable bonds is 5. The van der Waals surface area contributed by atoms with Crippen molar-refractivity contribution in [2.75, 3.05) is 18.4 Å². The number of likely N-dealkylation sites (tertiary alicyclic amines) is 1. The van der Waals surface area contributed by atoms with Crippen LogP contribution in [-0.2, 0) is 4.79 Å². The average molecular weight is 381 g/mol. The number of anilines is 1. The molecule has 4 rings (SSSR count).